The minimum absolute atomic E-state index is 0.238. The zero-order valence-electron chi connectivity index (χ0n) is 10.0. The van der Waals surface area contributed by atoms with Gasteiger partial charge in [-0.2, -0.15) is 5.26 Å². The second-order valence-electron chi connectivity index (χ2n) is 3.96. The predicted octanol–water partition coefficient (Wildman–Crippen LogP) is 1.99. The van der Waals surface area contributed by atoms with Crippen molar-refractivity contribution in [2.75, 3.05) is 0 Å². The van der Waals surface area contributed by atoms with Gasteiger partial charge in [0.2, 0.25) is 5.91 Å². The molecular formula is C13H13N3O2. The Labute approximate surface area is 104 Å². The number of amides is 1. The Hall–Kier alpha value is -2.35. The van der Waals surface area contributed by atoms with Gasteiger partial charge in [0, 0.05) is 6.54 Å². The molecule has 92 valence electrons. The molecule has 1 N–H and O–H groups in total. The maximum Gasteiger partial charge on any atom is 0.237 e. The highest BCUT2D eigenvalue weighted by molar-refractivity contribution is 5.81. The van der Waals surface area contributed by atoms with Crippen molar-refractivity contribution in [1.82, 2.24) is 10.3 Å². The molecule has 1 amide bonds. The Morgan fingerprint density at radius 3 is 3.17 bits per heavy atom. The van der Waals surface area contributed by atoms with Crippen LogP contribution in [0.25, 0.3) is 11.1 Å². The zero-order chi connectivity index (χ0) is 13.0. The van der Waals surface area contributed by atoms with Crippen LogP contribution in [0.15, 0.2) is 29.0 Å². The highest BCUT2D eigenvalue weighted by atomic mass is 16.3. The molecule has 1 aromatic heterocycles. The van der Waals surface area contributed by atoms with Crippen LogP contribution in [0.2, 0.25) is 0 Å². The predicted molar refractivity (Wildman–Crippen MR) is 65.2 cm³/mol. The van der Waals surface area contributed by atoms with E-state index in [2.05, 4.69) is 10.3 Å². The van der Waals surface area contributed by atoms with Crippen molar-refractivity contribution in [3.05, 3.63) is 30.2 Å². The first-order valence-corrected chi connectivity index (χ1v) is 5.74. The van der Waals surface area contributed by atoms with Crippen molar-refractivity contribution in [2.45, 2.75) is 19.9 Å². The second kappa shape index (κ2) is 5.32. The fraction of sp³-hybridized carbons (Fsp3) is 0.308. The summed E-state index contributed by atoms with van der Waals surface area (Å²) in [5, 5.41) is 11.5. The molecule has 5 nitrogen and oxygen atoms in total. The number of oxazole rings is 1. The van der Waals surface area contributed by atoms with E-state index in [0.717, 1.165) is 11.1 Å². The van der Waals surface area contributed by atoms with E-state index in [4.69, 9.17) is 9.68 Å². The standard InChI is InChI=1S/C13H13N3O2/c1-2-10(6-14)13(17)15-7-9-3-4-11-12(5-9)18-8-16-11/h3-5,8,10H,2,7H2,1H3,(H,15,17). The molecule has 0 aliphatic heterocycles. The summed E-state index contributed by atoms with van der Waals surface area (Å²) in [6.45, 7) is 2.20. The number of fused-ring (bicyclic) bond motifs is 1. The Morgan fingerprint density at radius 1 is 1.61 bits per heavy atom. The molecule has 1 unspecified atom stereocenters. The number of nitrogens with one attached hydrogen (secondary N) is 1. The molecule has 1 aromatic carbocycles. The number of carbonyl (C=O) groups is 1. The van der Waals surface area contributed by atoms with Crippen molar-refractivity contribution in [1.29, 1.82) is 5.26 Å². The first-order chi connectivity index (χ1) is 8.74. The summed E-state index contributed by atoms with van der Waals surface area (Å²) < 4.78 is 5.18. The number of nitriles is 1. The summed E-state index contributed by atoms with van der Waals surface area (Å²) in [6, 6.07) is 7.51. The zero-order valence-corrected chi connectivity index (χ0v) is 10.0. The molecule has 0 saturated carbocycles. The molecular weight excluding hydrogens is 230 g/mol. The van der Waals surface area contributed by atoms with Crippen LogP contribution in [0, 0.1) is 17.2 Å². The van der Waals surface area contributed by atoms with E-state index in [9.17, 15) is 4.79 Å². The number of hydrogen-bond acceptors (Lipinski definition) is 4. The molecule has 1 heterocycles. The summed E-state index contributed by atoms with van der Waals surface area (Å²) in [4.78, 5) is 15.6. The molecule has 0 aliphatic carbocycles. The molecule has 0 saturated heterocycles. The summed E-state index contributed by atoms with van der Waals surface area (Å²) in [5.74, 6) is -0.823. The van der Waals surface area contributed by atoms with Crippen LogP contribution in [-0.4, -0.2) is 10.9 Å². The Morgan fingerprint density at radius 2 is 2.44 bits per heavy atom. The first kappa shape index (κ1) is 12.1. The van der Waals surface area contributed by atoms with Gasteiger partial charge in [0.05, 0.1) is 6.07 Å². The number of aromatic nitrogens is 1. The van der Waals surface area contributed by atoms with Crippen LogP contribution >= 0.6 is 0 Å². The van der Waals surface area contributed by atoms with Gasteiger partial charge >= 0.3 is 0 Å². The van der Waals surface area contributed by atoms with E-state index in [1.165, 1.54) is 6.39 Å². The van der Waals surface area contributed by atoms with Gasteiger partial charge in [0.25, 0.3) is 0 Å². The van der Waals surface area contributed by atoms with Gasteiger partial charge in [0.1, 0.15) is 11.4 Å². The normalized spacial score (nSPS) is 12.0. The minimum atomic E-state index is -0.584. The van der Waals surface area contributed by atoms with Crippen molar-refractivity contribution >= 4 is 17.0 Å². The fourth-order valence-corrected chi connectivity index (χ4v) is 1.66. The van der Waals surface area contributed by atoms with Crippen molar-refractivity contribution in [2.24, 2.45) is 5.92 Å². The first-order valence-electron chi connectivity index (χ1n) is 5.74. The summed E-state index contributed by atoms with van der Waals surface area (Å²) >= 11 is 0. The molecule has 0 aliphatic rings. The monoisotopic (exact) mass is 243 g/mol. The van der Waals surface area contributed by atoms with Gasteiger partial charge in [-0.15, -0.1) is 0 Å². The molecule has 2 aromatic rings. The SMILES string of the molecule is CCC(C#N)C(=O)NCc1ccc2ncoc2c1. The third-order valence-electron chi connectivity index (χ3n) is 2.74. The molecule has 5 heteroatoms. The van der Waals surface area contributed by atoms with Crippen LogP contribution in [-0.2, 0) is 11.3 Å². The van der Waals surface area contributed by atoms with Gasteiger partial charge in [-0.25, -0.2) is 4.98 Å². The molecule has 18 heavy (non-hydrogen) atoms. The van der Waals surface area contributed by atoms with Crippen LogP contribution < -0.4 is 5.32 Å². The summed E-state index contributed by atoms with van der Waals surface area (Å²) in [5.41, 5.74) is 2.39. The molecule has 1 atom stereocenters. The molecule has 0 radical (unpaired) electrons. The van der Waals surface area contributed by atoms with Crippen LogP contribution in [0.4, 0.5) is 0 Å². The third-order valence-corrected chi connectivity index (χ3v) is 2.74. The average molecular weight is 243 g/mol. The Bertz CT molecular complexity index is 598. The van der Waals surface area contributed by atoms with Gasteiger partial charge in [-0.1, -0.05) is 13.0 Å². The minimum Gasteiger partial charge on any atom is -0.443 e. The van der Waals surface area contributed by atoms with E-state index in [1.54, 1.807) is 0 Å². The quantitative estimate of drug-likeness (QED) is 0.890. The van der Waals surface area contributed by atoms with Gasteiger partial charge in [0.15, 0.2) is 12.0 Å². The lowest BCUT2D eigenvalue weighted by Crippen LogP contribution is -2.29. The molecule has 0 bridgehead atoms. The lowest BCUT2D eigenvalue weighted by Gasteiger charge is -2.07. The molecule has 0 spiro atoms. The van der Waals surface area contributed by atoms with Gasteiger partial charge < -0.3 is 9.73 Å². The number of hydrogen-bond donors (Lipinski definition) is 1. The Balaban J connectivity index is 2.01. The largest absolute Gasteiger partial charge is 0.443 e. The second-order valence-corrected chi connectivity index (χ2v) is 3.96. The van der Waals surface area contributed by atoms with Crippen molar-refractivity contribution < 1.29 is 9.21 Å². The summed E-state index contributed by atoms with van der Waals surface area (Å²) in [6.07, 6.45) is 1.90. The van der Waals surface area contributed by atoms with Crippen LogP contribution in [0.5, 0.6) is 0 Å². The van der Waals surface area contributed by atoms with E-state index in [0.29, 0.717) is 18.5 Å². The number of rotatable bonds is 4. The fourth-order valence-electron chi connectivity index (χ4n) is 1.66. The topological polar surface area (TPSA) is 78.9 Å². The molecule has 0 fully saturated rings. The van der Waals surface area contributed by atoms with E-state index >= 15 is 0 Å². The smallest absolute Gasteiger partial charge is 0.237 e. The van der Waals surface area contributed by atoms with E-state index in [-0.39, 0.29) is 5.91 Å². The van der Waals surface area contributed by atoms with Crippen LogP contribution in [0.3, 0.4) is 0 Å². The highest BCUT2D eigenvalue weighted by Gasteiger charge is 2.14. The lowest BCUT2D eigenvalue weighted by molar-refractivity contribution is -0.123. The van der Waals surface area contributed by atoms with Gasteiger partial charge in [-0.05, 0) is 24.1 Å². The highest BCUT2D eigenvalue weighted by Crippen LogP contribution is 2.14. The summed E-state index contributed by atoms with van der Waals surface area (Å²) in [7, 11) is 0. The van der Waals surface area contributed by atoms with Crippen molar-refractivity contribution in [3.8, 4) is 6.07 Å². The number of benzene rings is 1. The van der Waals surface area contributed by atoms with Crippen LogP contribution in [0.1, 0.15) is 18.9 Å². The third kappa shape index (κ3) is 2.48. The van der Waals surface area contributed by atoms with Gasteiger partial charge in [-0.3, -0.25) is 4.79 Å². The Kier molecular flexibility index (Phi) is 3.58. The number of nitrogens with zero attached hydrogens (tertiary/aromatic N) is 2. The van der Waals surface area contributed by atoms with Crippen molar-refractivity contribution in [3.63, 3.8) is 0 Å². The number of carbonyl (C=O) groups excluding carboxylic acids is 1. The molecule has 2 rings (SSSR count). The maximum absolute atomic E-state index is 11.6. The van der Waals surface area contributed by atoms with E-state index < -0.39 is 5.92 Å². The average Bonchev–Trinajstić information content (AvgIpc) is 2.85. The maximum atomic E-state index is 11.6. The van der Waals surface area contributed by atoms with E-state index in [1.807, 2.05) is 31.2 Å². The lowest BCUT2D eigenvalue weighted by atomic mass is 10.1.